The van der Waals surface area contributed by atoms with E-state index in [1.54, 1.807) is 19.2 Å². The fourth-order valence-electron chi connectivity index (χ4n) is 2.72. The zero-order valence-corrected chi connectivity index (χ0v) is 21.2. The van der Waals surface area contributed by atoms with Crippen LogP contribution >= 0.6 is 24.0 Å². The van der Waals surface area contributed by atoms with E-state index in [9.17, 15) is 8.42 Å². The minimum atomic E-state index is -3.33. The van der Waals surface area contributed by atoms with Crippen molar-refractivity contribution in [1.82, 2.24) is 10.6 Å². The molecule has 6 nitrogen and oxygen atoms in total. The molecule has 0 amide bonds. The smallest absolute Gasteiger partial charge is 0.191 e. The van der Waals surface area contributed by atoms with E-state index < -0.39 is 9.84 Å². The Morgan fingerprint density at radius 2 is 1.76 bits per heavy atom. The number of guanidine groups is 1. The highest BCUT2D eigenvalue weighted by atomic mass is 127. The second-order valence-corrected chi connectivity index (χ2v) is 10.5. The number of hydrogen-bond donors (Lipinski definition) is 2. The van der Waals surface area contributed by atoms with Gasteiger partial charge in [0.2, 0.25) is 0 Å². The van der Waals surface area contributed by atoms with Crippen LogP contribution in [0.3, 0.4) is 0 Å². The van der Waals surface area contributed by atoms with Gasteiger partial charge in [-0.1, -0.05) is 32.9 Å². The van der Waals surface area contributed by atoms with E-state index in [-0.39, 0.29) is 35.1 Å². The molecular formula is C21H36IN3O3S. The normalized spacial score (nSPS) is 15.0. The van der Waals surface area contributed by atoms with E-state index in [1.165, 1.54) is 12.8 Å². The van der Waals surface area contributed by atoms with Crippen molar-refractivity contribution in [3.05, 3.63) is 29.8 Å². The van der Waals surface area contributed by atoms with Crippen molar-refractivity contribution in [3.63, 3.8) is 0 Å². The molecule has 166 valence electrons. The first kappa shape index (κ1) is 26.2. The van der Waals surface area contributed by atoms with Crippen LogP contribution in [-0.2, 0) is 20.0 Å². The van der Waals surface area contributed by atoms with Gasteiger partial charge in [0.1, 0.15) is 0 Å². The van der Waals surface area contributed by atoms with Crippen molar-refractivity contribution in [1.29, 1.82) is 0 Å². The second kappa shape index (κ2) is 12.1. The lowest BCUT2D eigenvalue weighted by Crippen LogP contribution is -2.40. The Labute approximate surface area is 193 Å². The van der Waals surface area contributed by atoms with Gasteiger partial charge in [-0.25, -0.2) is 8.42 Å². The first-order valence-corrected chi connectivity index (χ1v) is 11.7. The summed E-state index contributed by atoms with van der Waals surface area (Å²) >= 11 is 0. The number of benzene rings is 1. The second-order valence-electron chi connectivity index (χ2n) is 8.39. The molecule has 0 atom stereocenters. The molecule has 0 aromatic heterocycles. The number of hydrogen-bond acceptors (Lipinski definition) is 4. The van der Waals surface area contributed by atoms with Gasteiger partial charge in [0.15, 0.2) is 15.8 Å². The largest absolute Gasteiger partial charge is 0.381 e. The number of rotatable bonds is 10. The minimum Gasteiger partial charge on any atom is -0.381 e. The number of sulfone groups is 1. The molecule has 0 bridgehead atoms. The summed E-state index contributed by atoms with van der Waals surface area (Å²) in [4.78, 5) is 4.49. The van der Waals surface area contributed by atoms with Crippen LogP contribution in [0.5, 0.6) is 0 Å². The summed E-state index contributed by atoms with van der Waals surface area (Å²) in [5, 5.41) is 6.26. The molecule has 1 aromatic rings. The maximum Gasteiger partial charge on any atom is 0.191 e. The maximum absolute atomic E-state index is 12.5. The molecule has 1 saturated carbocycles. The van der Waals surface area contributed by atoms with Gasteiger partial charge in [-0.2, -0.15) is 0 Å². The Kier molecular flexibility index (Phi) is 10.9. The first-order chi connectivity index (χ1) is 13.2. The predicted molar refractivity (Wildman–Crippen MR) is 130 cm³/mol. The minimum absolute atomic E-state index is 0. The van der Waals surface area contributed by atoms with Crippen LogP contribution in [-0.4, -0.2) is 53.5 Å². The summed E-state index contributed by atoms with van der Waals surface area (Å²) in [7, 11) is -1.65. The lowest BCUT2D eigenvalue weighted by atomic mass is 9.87. The van der Waals surface area contributed by atoms with Gasteiger partial charge in [0, 0.05) is 33.4 Å². The van der Waals surface area contributed by atoms with Crippen LogP contribution < -0.4 is 10.6 Å². The van der Waals surface area contributed by atoms with Crippen LogP contribution in [0.25, 0.3) is 0 Å². The molecular weight excluding hydrogens is 501 g/mol. The van der Waals surface area contributed by atoms with Gasteiger partial charge in [0.25, 0.3) is 0 Å². The van der Waals surface area contributed by atoms with Gasteiger partial charge >= 0.3 is 0 Å². The Morgan fingerprint density at radius 1 is 1.14 bits per heavy atom. The molecule has 29 heavy (non-hydrogen) atoms. The standard InChI is InChI=1S/C21H35N3O3S.HI/c1-21(2,3)18-8-10-19(11-9-18)28(25,26)15-13-24-20(22-4)23-12-5-14-27-16-17-6-7-17;/h8-11,17H,5-7,12-16H2,1-4H3,(H2,22,23,24);1H. The van der Waals surface area contributed by atoms with Crippen molar-refractivity contribution in [3.8, 4) is 0 Å². The van der Waals surface area contributed by atoms with Crippen molar-refractivity contribution in [2.24, 2.45) is 10.9 Å². The summed E-state index contributed by atoms with van der Waals surface area (Å²) in [5.41, 5.74) is 1.13. The van der Waals surface area contributed by atoms with Gasteiger partial charge in [-0.3, -0.25) is 4.99 Å². The fraction of sp³-hybridized carbons (Fsp3) is 0.667. The molecule has 1 aliphatic carbocycles. The quantitative estimate of drug-likeness (QED) is 0.207. The van der Waals surface area contributed by atoms with Gasteiger partial charge in [-0.05, 0) is 48.3 Å². The highest BCUT2D eigenvalue weighted by Gasteiger charge is 2.21. The Balaban J connectivity index is 0.00000420. The van der Waals surface area contributed by atoms with Gasteiger partial charge in [-0.15, -0.1) is 24.0 Å². The Hall–Kier alpha value is -0.870. The molecule has 2 rings (SSSR count). The molecule has 1 fully saturated rings. The molecule has 0 saturated heterocycles. The number of nitrogens with one attached hydrogen (secondary N) is 2. The fourth-order valence-corrected chi connectivity index (χ4v) is 3.88. The third-order valence-corrected chi connectivity index (χ3v) is 6.51. The summed E-state index contributed by atoms with van der Waals surface area (Å²) < 4.78 is 30.7. The predicted octanol–water partition coefficient (Wildman–Crippen LogP) is 3.36. The SMILES string of the molecule is CN=C(NCCCOCC1CC1)NCCS(=O)(=O)c1ccc(C(C)(C)C)cc1.I. The maximum atomic E-state index is 12.5. The van der Waals surface area contributed by atoms with Crippen LogP contribution in [0.4, 0.5) is 0 Å². The number of halogens is 1. The zero-order chi connectivity index (χ0) is 20.6. The molecule has 0 spiro atoms. The topological polar surface area (TPSA) is 79.8 Å². The van der Waals surface area contributed by atoms with Crippen LogP contribution in [0.1, 0.15) is 45.6 Å². The Bertz CT molecular complexity index is 739. The van der Waals surface area contributed by atoms with Crippen molar-refractivity contribution in [2.75, 3.05) is 39.1 Å². The number of nitrogens with zero attached hydrogens (tertiary/aromatic N) is 1. The van der Waals surface area contributed by atoms with Crippen LogP contribution in [0.15, 0.2) is 34.2 Å². The molecule has 1 aromatic carbocycles. The summed E-state index contributed by atoms with van der Waals surface area (Å²) in [5.74, 6) is 1.42. The monoisotopic (exact) mass is 537 g/mol. The average molecular weight is 538 g/mol. The van der Waals surface area contributed by atoms with E-state index in [4.69, 9.17) is 4.74 Å². The van der Waals surface area contributed by atoms with Gasteiger partial charge < -0.3 is 15.4 Å². The van der Waals surface area contributed by atoms with E-state index in [0.717, 1.165) is 37.7 Å². The molecule has 0 unspecified atom stereocenters. The zero-order valence-electron chi connectivity index (χ0n) is 18.0. The molecule has 0 aliphatic heterocycles. The molecule has 1 aliphatic rings. The highest BCUT2D eigenvalue weighted by molar-refractivity contribution is 14.0. The van der Waals surface area contributed by atoms with Gasteiger partial charge in [0.05, 0.1) is 10.6 Å². The summed E-state index contributed by atoms with van der Waals surface area (Å²) in [6.07, 6.45) is 3.50. The third kappa shape index (κ3) is 9.65. The van der Waals surface area contributed by atoms with Crippen molar-refractivity contribution < 1.29 is 13.2 Å². The molecule has 0 heterocycles. The highest BCUT2D eigenvalue weighted by Crippen LogP contribution is 2.28. The summed E-state index contributed by atoms with van der Waals surface area (Å²) in [6.45, 7) is 8.99. The lowest BCUT2D eigenvalue weighted by Gasteiger charge is -2.19. The van der Waals surface area contributed by atoms with E-state index >= 15 is 0 Å². The molecule has 2 N–H and O–H groups in total. The molecule has 8 heteroatoms. The molecule has 0 radical (unpaired) electrons. The van der Waals surface area contributed by atoms with E-state index in [0.29, 0.717) is 17.4 Å². The van der Waals surface area contributed by atoms with Crippen LogP contribution in [0.2, 0.25) is 0 Å². The summed E-state index contributed by atoms with van der Waals surface area (Å²) in [6, 6.07) is 7.19. The van der Waals surface area contributed by atoms with E-state index in [1.807, 2.05) is 12.1 Å². The van der Waals surface area contributed by atoms with E-state index in [2.05, 4.69) is 36.4 Å². The van der Waals surface area contributed by atoms with Crippen molar-refractivity contribution >= 4 is 39.8 Å². The van der Waals surface area contributed by atoms with Crippen molar-refractivity contribution in [2.45, 2.75) is 50.3 Å². The van der Waals surface area contributed by atoms with Crippen LogP contribution in [0, 0.1) is 5.92 Å². The average Bonchev–Trinajstić information content (AvgIpc) is 3.46. The number of aliphatic imine (C=N–C) groups is 1. The first-order valence-electron chi connectivity index (χ1n) is 10.1. The number of ether oxygens (including phenoxy) is 1. The lowest BCUT2D eigenvalue weighted by molar-refractivity contribution is 0.123. The Morgan fingerprint density at radius 3 is 2.31 bits per heavy atom. The third-order valence-electron chi connectivity index (χ3n) is 4.77.